The Bertz CT molecular complexity index is 1150. The zero-order valence-corrected chi connectivity index (χ0v) is 22.4. The van der Waals surface area contributed by atoms with Gasteiger partial charge in [0, 0.05) is 27.2 Å². The molecular formula is C23H30N4O3S3. The Morgan fingerprint density at radius 1 is 1.12 bits per heavy atom. The number of amides is 1. The van der Waals surface area contributed by atoms with Gasteiger partial charge in [-0.05, 0) is 44.2 Å². The monoisotopic (exact) mass is 506 g/mol. The van der Waals surface area contributed by atoms with E-state index in [4.69, 9.17) is 4.74 Å². The van der Waals surface area contributed by atoms with E-state index in [1.165, 1.54) is 40.6 Å². The maximum Gasteiger partial charge on any atom is 0.341 e. The summed E-state index contributed by atoms with van der Waals surface area (Å²) in [7, 11) is 1.35. The highest BCUT2D eigenvalue weighted by molar-refractivity contribution is 7.99. The molecule has 3 rings (SSSR count). The molecule has 3 heterocycles. The molecule has 10 heteroatoms. The third-order valence-electron chi connectivity index (χ3n) is 5.40. The highest BCUT2D eigenvalue weighted by Crippen LogP contribution is 2.35. The number of ether oxygens (including phenoxy) is 1. The summed E-state index contributed by atoms with van der Waals surface area (Å²) in [4.78, 5) is 27.4. The summed E-state index contributed by atoms with van der Waals surface area (Å²) in [5, 5.41) is 15.2. The van der Waals surface area contributed by atoms with Crippen molar-refractivity contribution in [3.05, 3.63) is 31.8 Å². The Morgan fingerprint density at radius 2 is 1.85 bits per heavy atom. The van der Waals surface area contributed by atoms with Crippen LogP contribution in [0, 0.1) is 13.8 Å². The molecule has 178 valence electrons. The van der Waals surface area contributed by atoms with Crippen LogP contribution >= 0.6 is 34.4 Å². The van der Waals surface area contributed by atoms with Gasteiger partial charge in [-0.1, -0.05) is 32.5 Å². The topological polar surface area (TPSA) is 86.1 Å². The van der Waals surface area contributed by atoms with Gasteiger partial charge in [0.25, 0.3) is 0 Å². The van der Waals surface area contributed by atoms with E-state index in [0.29, 0.717) is 17.0 Å². The van der Waals surface area contributed by atoms with Crippen molar-refractivity contribution in [3.8, 4) is 11.4 Å². The second kappa shape index (κ2) is 11.3. The number of hydrogen-bond acceptors (Lipinski definition) is 8. The minimum absolute atomic E-state index is 0.171. The van der Waals surface area contributed by atoms with Gasteiger partial charge in [0.05, 0.1) is 18.4 Å². The summed E-state index contributed by atoms with van der Waals surface area (Å²) < 4.78 is 7.04. The number of nitrogens with one attached hydrogen (secondary N) is 1. The minimum Gasteiger partial charge on any atom is -0.465 e. The van der Waals surface area contributed by atoms with Crippen LogP contribution < -0.4 is 5.32 Å². The van der Waals surface area contributed by atoms with Gasteiger partial charge in [0.1, 0.15) is 5.00 Å². The second-order valence-corrected chi connectivity index (χ2v) is 10.8. The predicted octanol–water partition coefficient (Wildman–Crippen LogP) is 5.74. The van der Waals surface area contributed by atoms with E-state index in [0.717, 1.165) is 46.4 Å². The number of thiophene rings is 2. The van der Waals surface area contributed by atoms with Crippen LogP contribution in [0.2, 0.25) is 0 Å². The lowest BCUT2D eigenvalue weighted by atomic mass is 10.1. The summed E-state index contributed by atoms with van der Waals surface area (Å²) in [6.07, 6.45) is 2.57. The Hall–Kier alpha value is -2.17. The average molecular weight is 507 g/mol. The molecule has 0 saturated heterocycles. The maximum absolute atomic E-state index is 12.8. The number of thioether (sulfide) groups is 1. The molecule has 0 fully saturated rings. The van der Waals surface area contributed by atoms with Crippen LogP contribution in [-0.4, -0.2) is 39.5 Å². The standard InChI is InChI=1S/C23H30N4O3S3/c1-7-10-27-20(17-11-31-13(4)15(17)8-2)25-26-23(27)32-12-18(28)24-21-19(22(29)30-6)16(9-3)14(5)33-21/h11H,7-10,12H2,1-6H3,(H,24,28). The van der Waals surface area contributed by atoms with Crippen molar-refractivity contribution in [1.82, 2.24) is 14.8 Å². The van der Waals surface area contributed by atoms with Gasteiger partial charge in [-0.3, -0.25) is 4.79 Å². The van der Waals surface area contributed by atoms with Gasteiger partial charge in [-0.25, -0.2) is 4.79 Å². The first-order valence-corrected chi connectivity index (χ1v) is 13.7. The normalized spacial score (nSPS) is 11.1. The second-order valence-electron chi connectivity index (χ2n) is 7.52. The van der Waals surface area contributed by atoms with Crippen LogP contribution in [0.25, 0.3) is 11.4 Å². The van der Waals surface area contributed by atoms with E-state index in [9.17, 15) is 9.59 Å². The molecule has 33 heavy (non-hydrogen) atoms. The van der Waals surface area contributed by atoms with Crippen molar-refractivity contribution in [1.29, 1.82) is 0 Å². The molecule has 0 aliphatic carbocycles. The van der Waals surface area contributed by atoms with E-state index in [1.54, 1.807) is 11.3 Å². The third kappa shape index (κ3) is 5.33. The van der Waals surface area contributed by atoms with E-state index in [-0.39, 0.29) is 11.7 Å². The number of carbonyl (C=O) groups is 2. The van der Waals surface area contributed by atoms with Crippen LogP contribution in [0.4, 0.5) is 5.00 Å². The van der Waals surface area contributed by atoms with E-state index in [2.05, 4.69) is 46.2 Å². The summed E-state index contributed by atoms with van der Waals surface area (Å²) >= 11 is 4.49. The first-order valence-electron chi connectivity index (χ1n) is 11.0. The fourth-order valence-electron chi connectivity index (χ4n) is 3.83. The first kappa shape index (κ1) is 25.5. The highest BCUT2D eigenvalue weighted by atomic mass is 32.2. The molecule has 1 amide bonds. The SMILES string of the molecule is CCCn1c(SCC(=O)Nc2sc(C)c(CC)c2C(=O)OC)nnc1-c1csc(C)c1CC. The summed E-state index contributed by atoms with van der Waals surface area (Å²) in [5.41, 5.74) is 3.80. The van der Waals surface area contributed by atoms with Gasteiger partial charge in [-0.2, -0.15) is 0 Å². The van der Waals surface area contributed by atoms with Crippen LogP contribution in [0.5, 0.6) is 0 Å². The molecule has 0 aliphatic heterocycles. The number of carbonyl (C=O) groups excluding carboxylic acids is 2. The Balaban J connectivity index is 1.79. The molecular weight excluding hydrogens is 476 g/mol. The number of aromatic nitrogens is 3. The van der Waals surface area contributed by atoms with Gasteiger partial charge < -0.3 is 14.6 Å². The van der Waals surface area contributed by atoms with Crippen molar-refractivity contribution >= 4 is 51.3 Å². The summed E-state index contributed by atoms with van der Waals surface area (Å²) in [6.45, 7) is 11.1. The van der Waals surface area contributed by atoms with Crippen LogP contribution in [-0.2, 0) is 28.9 Å². The van der Waals surface area contributed by atoms with Crippen molar-refractivity contribution in [2.24, 2.45) is 0 Å². The highest BCUT2D eigenvalue weighted by Gasteiger charge is 2.24. The number of aryl methyl sites for hydroxylation is 2. The molecule has 7 nitrogen and oxygen atoms in total. The molecule has 1 N–H and O–H groups in total. The molecule has 0 aliphatic rings. The van der Waals surface area contributed by atoms with Crippen molar-refractivity contribution < 1.29 is 14.3 Å². The minimum atomic E-state index is -0.427. The lowest BCUT2D eigenvalue weighted by Gasteiger charge is -2.10. The molecule has 3 aromatic heterocycles. The average Bonchev–Trinajstić information content (AvgIpc) is 3.46. The number of esters is 1. The Morgan fingerprint density at radius 3 is 2.48 bits per heavy atom. The van der Waals surface area contributed by atoms with Crippen molar-refractivity contribution in [2.75, 3.05) is 18.2 Å². The third-order valence-corrected chi connectivity index (χ3v) is 8.38. The van der Waals surface area contributed by atoms with Crippen LogP contribution in [0.15, 0.2) is 10.5 Å². The zero-order chi connectivity index (χ0) is 24.1. The molecule has 0 spiro atoms. The van der Waals surface area contributed by atoms with Crippen molar-refractivity contribution in [2.45, 2.75) is 65.6 Å². The zero-order valence-electron chi connectivity index (χ0n) is 19.9. The van der Waals surface area contributed by atoms with E-state index in [1.807, 2.05) is 13.8 Å². The summed E-state index contributed by atoms with van der Waals surface area (Å²) in [5.74, 6) is 0.409. The predicted molar refractivity (Wildman–Crippen MR) is 137 cm³/mol. The van der Waals surface area contributed by atoms with Crippen LogP contribution in [0.1, 0.15) is 58.4 Å². The number of anilines is 1. The van der Waals surface area contributed by atoms with Gasteiger partial charge >= 0.3 is 5.97 Å². The molecule has 0 aromatic carbocycles. The largest absolute Gasteiger partial charge is 0.465 e. The Labute approximate surface area is 207 Å². The Kier molecular flexibility index (Phi) is 8.72. The lowest BCUT2D eigenvalue weighted by Crippen LogP contribution is -2.16. The van der Waals surface area contributed by atoms with E-state index < -0.39 is 5.97 Å². The van der Waals surface area contributed by atoms with E-state index >= 15 is 0 Å². The molecule has 0 bridgehead atoms. The fraction of sp³-hybridized carbons (Fsp3) is 0.478. The smallest absolute Gasteiger partial charge is 0.341 e. The number of methoxy groups -OCH3 is 1. The molecule has 0 atom stereocenters. The first-order chi connectivity index (χ1) is 15.9. The molecule has 0 unspecified atom stereocenters. The van der Waals surface area contributed by atoms with Crippen molar-refractivity contribution in [3.63, 3.8) is 0 Å². The number of rotatable bonds is 10. The number of hydrogen-bond donors (Lipinski definition) is 1. The van der Waals surface area contributed by atoms with Crippen LogP contribution in [0.3, 0.4) is 0 Å². The molecule has 0 radical (unpaired) electrons. The number of nitrogens with zero attached hydrogens (tertiary/aromatic N) is 3. The van der Waals surface area contributed by atoms with Gasteiger partial charge in [0.2, 0.25) is 5.91 Å². The molecule has 0 saturated carbocycles. The quantitative estimate of drug-likeness (QED) is 0.279. The van der Waals surface area contributed by atoms with Gasteiger partial charge in [-0.15, -0.1) is 32.9 Å². The lowest BCUT2D eigenvalue weighted by molar-refractivity contribution is -0.113. The molecule has 3 aromatic rings. The van der Waals surface area contributed by atoms with Gasteiger partial charge in [0.15, 0.2) is 11.0 Å². The fourth-order valence-corrected chi connectivity index (χ4v) is 6.68. The summed E-state index contributed by atoms with van der Waals surface area (Å²) in [6, 6.07) is 0. The maximum atomic E-state index is 12.8.